The first-order valence-electron chi connectivity index (χ1n) is 14.6. The molecule has 1 N–H and O–H groups in total. The number of fused-ring (bicyclic) bond motifs is 2. The molecule has 5 rings (SSSR count). The summed E-state index contributed by atoms with van der Waals surface area (Å²) in [7, 11) is 0. The molecule has 1 spiro atoms. The first-order valence-corrected chi connectivity index (χ1v) is 14.6. The van der Waals surface area contributed by atoms with E-state index >= 15 is 0 Å². The van der Waals surface area contributed by atoms with Crippen LogP contribution in [0.25, 0.3) is 0 Å². The number of amides is 2. The smallest absolute Gasteiger partial charge is 0.313 e. The molecule has 2 amide bonds. The lowest BCUT2D eigenvalue weighted by Gasteiger charge is -2.43. The van der Waals surface area contributed by atoms with Crippen LogP contribution in [0.2, 0.25) is 0 Å². The van der Waals surface area contributed by atoms with Crippen molar-refractivity contribution in [1.82, 2.24) is 9.80 Å². The van der Waals surface area contributed by atoms with Crippen molar-refractivity contribution >= 4 is 17.8 Å². The van der Waals surface area contributed by atoms with Crippen LogP contribution in [0.3, 0.4) is 0 Å². The van der Waals surface area contributed by atoms with E-state index < -0.39 is 46.6 Å². The summed E-state index contributed by atoms with van der Waals surface area (Å²) in [6.45, 7) is 8.14. The van der Waals surface area contributed by atoms with Crippen molar-refractivity contribution in [2.75, 3.05) is 19.8 Å². The van der Waals surface area contributed by atoms with Gasteiger partial charge in [0.15, 0.2) is 0 Å². The summed E-state index contributed by atoms with van der Waals surface area (Å²) < 4.78 is 12.8. The van der Waals surface area contributed by atoms with E-state index in [9.17, 15) is 19.5 Å². The monoisotopic (exact) mass is 550 g/mol. The van der Waals surface area contributed by atoms with Crippen LogP contribution in [0.5, 0.6) is 0 Å². The van der Waals surface area contributed by atoms with E-state index in [0.717, 1.165) is 24.8 Å². The Morgan fingerprint density at radius 1 is 1.02 bits per heavy atom. The van der Waals surface area contributed by atoms with Gasteiger partial charge in [-0.15, -0.1) is 0 Å². The minimum Gasteiger partial charge on any atom is -0.465 e. The maximum atomic E-state index is 14.7. The highest BCUT2D eigenvalue weighted by Crippen LogP contribution is 2.58. The van der Waals surface area contributed by atoms with Crippen LogP contribution in [0, 0.1) is 11.8 Å². The third-order valence-electron chi connectivity index (χ3n) is 9.05. The van der Waals surface area contributed by atoms with Gasteiger partial charge < -0.3 is 24.4 Å². The molecule has 40 heavy (non-hydrogen) atoms. The molecule has 1 aromatic carbocycles. The molecule has 4 aliphatic rings. The molecule has 1 aromatic rings. The number of carbonyl (C=O) groups is 3. The van der Waals surface area contributed by atoms with Crippen molar-refractivity contribution in [3.05, 3.63) is 60.2 Å². The van der Waals surface area contributed by atoms with Gasteiger partial charge in [-0.3, -0.25) is 14.4 Å². The van der Waals surface area contributed by atoms with Gasteiger partial charge in [0.05, 0.1) is 25.2 Å². The van der Waals surface area contributed by atoms with Gasteiger partial charge >= 0.3 is 5.97 Å². The fourth-order valence-electron chi connectivity index (χ4n) is 7.11. The molecular weight excluding hydrogens is 508 g/mol. The Kier molecular flexibility index (Phi) is 7.70. The second kappa shape index (κ2) is 10.8. The molecule has 4 aliphatic heterocycles. The molecule has 6 atom stereocenters. The molecule has 216 valence electrons. The number of ether oxygens (including phenoxy) is 2. The van der Waals surface area contributed by atoms with Crippen LogP contribution in [-0.2, 0) is 30.3 Å². The molecule has 2 saturated heterocycles. The minimum absolute atomic E-state index is 0.243. The standard InChI is InChI=1S/C32H42N2O6/c1-5-31-16-11-6-7-12-19-39-29(38)25(31)24-27(36)34(23(21-35)20-22-14-9-8-10-15-22)26-28(37)33(30(2,3)4)18-13-17-32(24,26)40-31/h8-11,13-17,23-26,35H,5-7,12,18-21H2,1-4H3/b16-11-/t23-,24+,25+,26?,31-,32+/m1/s1. The van der Waals surface area contributed by atoms with E-state index in [0.29, 0.717) is 19.4 Å². The molecule has 0 radical (unpaired) electrons. The average molecular weight is 551 g/mol. The molecule has 4 heterocycles. The van der Waals surface area contributed by atoms with E-state index in [1.165, 1.54) is 4.90 Å². The molecule has 0 bridgehead atoms. The van der Waals surface area contributed by atoms with Crippen LogP contribution in [0.15, 0.2) is 54.6 Å². The minimum atomic E-state index is -1.38. The number of nitrogens with zero attached hydrogens (tertiary/aromatic N) is 2. The van der Waals surface area contributed by atoms with Gasteiger partial charge in [-0.2, -0.15) is 0 Å². The summed E-state index contributed by atoms with van der Waals surface area (Å²) >= 11 is 0. The number of rotatable bonds is 5. The SMILES string of the molecule is CC[C@@]12/C=C\CCCCOC(=O)[C@@H]1[C@H]1C(=O)N([C@@H](CO)Cc3ccccc3)C3C(=O)N(C(C)(C)C)CC=C[C@@]31O2. The van der Waals surface area contributed by atoms with Gasteiger partial charge in [-0.1, -0.05) is 61.6 Å². The number of likely N-dealkylation sites (tertiary alicyclic amines) is 1. The summed E-state index contributed by atoms with van der Waals surface area (Å²) in [6, 6.07) is 7.91. The van der Waals surface area contributed by atoms with Crippen molar-refractivity contribution < 1.29 is 29.0 Å². The lowest BCUT2D eigenvalue weighted by molar-refractivity contribution is -0.164. The van der Waals surface area contributed by atoms with Gasteiger partial charge in [0, 0.05) is 12.1 Å². The fourth-order valence-corrected chi connectivity index (χ4v) is 7.11. The predicted molar refractivity (Wildman–Crippen MR) is 150 cm³/mol. The Labute approximate surface area is 237 Å². The number of aliphatic hydroxyl groups excluding tert-OH is 1. The quantitative estimate of drug-likeness (QED) is 0.446. The van der Waals surface area contributed by atoms with Crippen LogP contribution in [0.4, 0.5) is 0 Å². The lowest BCUT2D eigenvalue weighted by Crippen LogP contribution is -2.61. The zero-order valence-electron chi connectivity index (χ0n) is 24.0. The summed E-state index contributed by atoms with van der Waals surface area (Å²) in [4.78, 5) is 46.3. The highest BCUT2D eigenvalue weighted by molar-refractivity contribution is 5.99. The average Bonchev–Trinajstić information content (AvgIpc) is 3.28. The van der Waals surface area contributed by atoms with Crippen LogP contribution in [-0.4, -0.2) is 81.3 Å². The largest absolute Gasteiger partial charge is 0.465 e. The topological polar surface area (TPSA) is 96.4 Å². The maximum Gasteiger partial charge on any atom is 0.313 e. The molecule has 0 aromatic heterocycles. The van der Waals surface area contributed by atoms with Crippen LogP contribution >= 0.6 is 0 Å². The first-order chi connectivity index (χ1) is 19.1. The molecule has 8 nitrogen and oxygen atoms in total. The number of aliphatic hydroxyl groups is 1. The summed E-state index contributed by atoms with van der Waals surface area (Å²) in [5, 5.41) is 10.7. The number of benzene rings is 1. The van der Waals surface area contributed by atoms with E-state index in [4.69, 9.17) is 9.47 Å². The second-order valence-electron chi connectivity index (χ2n) is 12.5. The van der Waals surface area contributed by atoms with Crippen LogP contribution < -0.4 is 0 Å². The Morgan fingerprint density at radius 3 is 2.45 bits per heavy atom. The molecule has 0 saturated carbocycles. The van der Waals surface area contributed by atoms with Gasteiger partial charge in [0.25, 0.3) is 0 Å². The number of hydrogen-bond donors (Lipinski definition) is 1. The highest BCUT2D eigenvalue weighted by Gasteiger charge is 2.76. The molecular formula is C32H42N2O6. The lowest BCUT2D eigenvalue weighted by atomic mass is 9.73. The van der Waals surface area contributed by atoms with E-state index in [2.05, 4.69) is 0 Å². The van der Waals surface area contributed by atoms with Crippen molar-refractivity contribution in [3.8, 4) is 0 Å². The van der Waals surface area contributed by atoms with Crippen molar-refractivity contribution in [1.29, 1.82) is 0 Å². The number of allylic oxidation sites excluding steroid dienone is 1. The third kappa shape index (κ3) is 4.59. The zero-order chi connectivity index (χ0) is 28.7. The summed E-state index contributed by atoms with van der Waals surface area (Å²) in [6.07, 6.45) is 11.0. The maximum absolute atomic E-state index is 14.7. The van der Waals surface area contributed by atoms with Gasteiger partial charge in [0.1, 0.15) is 23.2 Å². The van der Waals surface area contributed by atoms with E-state index in [1.54, 1.807) is 4.90 Å². The van der Waals surface area contributed by atoms with E-state index in [1.807, 2.05) is 82.3 Å². The van der Waals surface area contributed by atoms with Crippen LogP contribution in [0.1, 0.15) is 58.9 Å². The molecule has 8 heteroatoms. The normalized spacial score (nSPS) is 34.0. The van der Waals surface area contributed by atoms with Gasteiger partial charge in [-0.05, 0) is 58.4 Å². The summed E-state index contributed by atoms with van der Waals surface area (Å²) in [5.74, 6) is -2.94. The third-order valence-corrected chi connectivity index (χ3v) is 9.05. The Hall–Kier alpha value is -2.97. The molecule has 1 unspecified atom stereocenters. The number of hydrogen-bond acceptors (Lipinski definition) is 6. The van der Waals surface area contributed by atoms with Gasteiger partial charge in [-0.25, -0.2) is 0 Å². The second-order valence-corrected chi connectivity index (χ2v) is 12.5. The highest BCUT2D eigenvalue weighted by atomic mass is 16.6. The Morgan fingerprint density at radius 2 is 1.77 bits per heavy atom. The Bertz CT molecular complexity index is 1190. The van der Waals surface area contributed by atoms with E-state index in [-0.39, 0.29) is 25.0 Å². The van der Waals surface area contributed by atoms with Gasteiger partial charge in [0.2, 0.25) is 11.8 Å². The number of esters is 1. The van der Waals surface area contributed by atoms with Crippen molar-refractivity contribution in [3.63, 3.8) is 0 Å². The fraction of sp³-hybridized carbons (Fsp3) is 0.594. The molecule has 2 fully saturated rings. The summed E-state index contributed by atoms with van der Waals surface area (Å²) in [5.41, 5.74) is -2.05. The predicted octanol–water partition coefficient (Wildman–Crippen LogP) is 3.43. The number of carbonyl (C=O) groups excluding carboxylic acids is 3. The van der Waals surface area contributed by atoms with Crippen molar-refractivity contribution in [2.24, 2.45) is 11.8 Å². The molecule has 0 aliphatic carbocycles. The Balaban J connectivity index is 1.68. The van der Waals surface area contributed by atoms with Crippen molar-refractivity contribution in [2.45, 2.75) is 88.6 Å². The zero-order valence-corrected chi connectivity index (χ0v) is 24.0. The number of cyclic esters (lactones) is 1. The first kappa shape index (κ1) is 28.6.